The molecule has 0 aliphatic heterocycles. The Morgan fingerprint density at radius 1 is 1.30 bits per heavy atom. The van der Waals surface area contributed by atoms with Crippen LogP contribution in [0.25, 0.3) is 0 Å². The van der Waals surface area contributed by atoms with E-state index in [4.69, 9.17) is 11.6 Å². The molecule has 0 fully saturated rings. The summed E-state index contributed by atoms with van der Waals surface area (Å²) in [5, 5.41) is 5.31. The van der Waals surface area contributed by atoms with Gasteiger partial charge in [0, 0.05) is 11.9 Å². The monoisotopic (exact) mass is 354 g/mol. The highest BCUT2D eigenvalue weighted by molar-refractivity contribution is 9.09. The lowest BCUT2D eigenvalue weighted by Crippen LogP contribution is -2.10. The number of hydrogen-bond acceptors (Lipinski definition) is 1. The van der Waals surface area contributed by atoms with Crippen LogP contribution in [0.4, 0.5) is 0 Å². The van der Waals surface area contributed by atoms with E-state index >= 15 is 0 Å². The lowest BCUT2D eigenvalue weighted by Gasteiger charge is -2.19. The van der Waals surface area contributed by atoms with E-state index < -0.39 is 0 Å². The number of nitrogens with zero attached hydrogens (tertiary/aromatic N) is 2. The lowest BCUT2D eigenvalue weighted by atomic mass is 9.96. The first-order valence-corrected chi connectivity index (χ1v) is 8.23. The van der Waals surface area contributed by atoms with E-state index in [1.807, 2.05) is 17.8 Å². The van der Waals surface area contributed by atoms with Crippen LogP contribution < -0.4 is 0 Å². The Morgan fingerprint density at radius 2 is 1.95 bits per heavy atom. The molecule has 4 heteroatoms. The minimum absolute atomic E-state index is 0.319. The van der Waals surface area contributed by atoms with Gasteiger partial charge in [0.1, 0.15) is 0 Å². The van der Waals surface area contributed by atoms with Gasteiger partial charge in [-0.1, -0.05) is 71.7 Å². The Morgan fingerprint density at radius 3 is 2.50 bits per heavy atom. The highest BCUT2D eigenvalue weighted by Gasteiger charge is 2.21. The van der Waals surface area contributed by atoms with Crippen molar-refractivity contribution in [3.05, 3.63) is 52.3 Å². The minimum Gasteiger partial charge on any atom is -0.271 e. The molecule has 1 aromatic carbocycles. The van der Waals surface area contributed by atoms with Gasteiger partial charge in [0.15, 0.2) is 0 Å². The molecule has 20 heavy (non-hydrogen) atoms. The molecule has 2 atom stereocenters. The average molecular weight is 356 g/mol. The molecule has 0 aliphatic carbocycles. The molecule has 108 valence electrons. The highest BCUT2D eigenvalue weighted by Crippen LogP contribution is 2.34. The molecule has 0 bridgehead atoms. The van der Waals surface area contributed by atoms with E-state index in [1.54, 1.807) is 0 Å². The second kappa shape index (κ2) is 6.77. The molecule has 2 rings (SSSR count). The van der Waals surface area contributed by atoms with E-state index in [2.05, 4.69) is 59.1 Å². The summed E-state index contributed by atoms with van der Waals surface area (Å²) in [5.41, 5.74) is 3.41. The summed E-state index contributed by atoms with van der Waals surface area (Å²) in [4.78, 5) is 0.319. The summed E-state index contributed by atoms with van der Waals surface area (Å²) >= 11 is 10.2. The summed E-state index contributed by atoms with van der Waals surface area (Å²) in [6, 6.07) is 10.5. The predicted octanol–water partition coefficient (Wildman–Crippen LogP) is 4.95. The fraction of sp³-hybridized carbons (Fsp3) is 0.438. The van der Waals surface area contributed by atoms with E-state index in [1.165, 1.54) is 5.56 Å². The van der Waals surface area contributed by atoms with Crippen LogP contribution in [0.15, 0.2) is 30.3 Å². The maximum Gasteiger partial charge on any atom is 0.0849 e. The Balaban J connectivity index is 2.16. The molecule has 0 radical (unpaired) electrons. The van der Waals surface area contributed by atoms with E-state index in [-0.39, 0.29) is 0 Å². The van der Waals surface area contributed by atoms with Crippen LogP contribution in [-0.2, 0) is 19.9 Å². The summed E-state index contributed by atoms with van der Waals surface area (Å²) in [6.07, 6.45) is 1.78. The standard InChI is InChI=1S/C16H20BrClN2/c1-4-13-16(18)14(20(3)19-13)10-11(2)15(17)12-8-6-5-7-9-12/h5-9,11,15H,4,10H2,1-3H3. The lowest BCUT2D eigenvalue weighted by molar-refractivity contribution is 0.542. The largest absolute Gasteiger partial charge is 0.271 e. The van der Waals surface area contributed by atoms with Crippen LogP contribution in [0.2, 0.25) is 5.02 Å². The molecular weight excluding hydrogens is 336 g/mol. The molecule has 2 unspecified atom stereocenters. The van der Waals surface area contributed by atoms with Crippen molar-refractivity contribution in [1.29, 1.82) is 0 Å². The smallest absolute Gasteiger partial charge is 0.0849 e. The summed E-state index contributed by atoms with van der Waals surface area (Å²) in [5.74, 6) is 0.440. The minimum atomic E-state index is 0.319. The molecule has 0 spiro atoms. The van der Waals surface area contributed by atoms with E-state index in [0.29, 0.717) is 10.7 Å². The molecule has 0 saturated heterocycles. The zero-order chi connectivity index (χ0) is 14.7. The van der Waals surface area contributed by atoms with Crippen molar-refractivity contribution in [3.63, 3.8) is 0 Å². The number of halogens is 2. The van der Waals surface area contributed by atoms with Crippen LogP contribution in [0, 0.1) is 5.92 Å². The average Bonchev–Trinajstić information content (AvgIpc) is 2.74. The molecule has 0 aliphatic rings. The van der Waals surface area contributed by atoms with Gasteiger partial charge in [0.2, 0.25) is 0 Å². The Kier molecular flexibility index (Phi) is 5.28. The van der Waals surface area contributed by atoms with Crippen molar-refractivity contribution in [2.75, 3.05) is 0 Å². The Bertz CT molecular complexity index is 565. The summed E-state index contributed by atoms with van der Waals surface area (Å²) < 4.78 is 1.92. The van der Waals surface area contributed by atoms with Crippen molar-refractivity contribution in [3.8, 4) is 0 Å². The second-order valence-corrected chi connectivity index (χ2v) is 6.54. The van der Waals surface area contributed by atoms with Crippen molar-refractivity contribution in [2.45, 2.75) is 31.5 Å². The maximum atomic E-state index is 6.43. The summed E-state index contributed by atoms with van der Waals surface area (Å²) in [6.45, 7) is 4.32. The Hall–Kier alpha value is -0.800. The maximum absolute atomic E-state index is 6.43. The third-order valence-electron chi connectivity index (χ3n) is 3.64. The SMILES string of the molecule is CCc1nn(C)c(CC(C)C(Br)c2ccccc2)c1Cl. The predicted molar refractivity (Wildman–Crippen MR) is 88.6 cm³/mol. The molecule has 1 heterocycles. The van der Waals surface area contributed by atoms with Gasteiger partial charge < -0.3 is 0 Å². The topological polar surface area (TPSA) is 17.8 Å². The molecule has 1 aromatic heterocycles. The van der Waals surface area contributed by atoms with Crippen LogP contribution in [0.1, 0.15) is 35.6 Å². The van der Waals surface area contributed by atoms with Crippen molar-refractivity contribution >= 4 is 27.5 Å². The second-order valence-electron chi connectivity index (χ2n) is 5.18. The first-order chi connectivity index (χ1) is 9.54. The van der Waals surface area contributed by atoms with E-state index in [0.717, 1.165) is 29.3 Å². The van der Waals surface area contributed by atoms with Gasteiger partial charge in [0.25, 0.3) is 0 Å². The normalized spacial score (nSPS) is 14.2. The van der Waals surface area contributed by atoms with Crippen LogP contribution in [0.3, 0.4) is 0 Å². The molecule has 0 N–H and O–H groups in total. The first kappa shape index (κ1) is 15.6. The van der Waals surface area contributed by atoms with Gasteiger partial charge in [-0.3, -0.25) is 4.68 Å². The van der Waals surface area contributed by atoms with Gasteiger partial charge in [-0.2, -0.15) is 5.10 Å². The zero-order valence-corrected chi connectivity index (χ0v) is 14.4. The Labute approximate surface area is 134 Å². The number of alkyl halides is 1. The highest BCUT2D eigenvalue weighted by atomic mass is 79.9. The third kappa shape index (κ3) is 3.26. The van der Waals surface area contributed by atoms with Crippen molar-refractivity contribution < 1.29 is 0 Å². The third-order valence-corrected chi connectivity index (χ3v) is 5.50. The van der Waals surface area contributed by atoms with Gasteiger partial charge >= 0.3 is 0 Å². The molecule has 0 amide bonds. The molecule has 0 saturated carbocycles. The number of aromatic nitrogens is 2. The number of aryl methyl sites for hydroxylation is 2. The van der Waals surface area contributed by atoms with Crippen LogP contribution in [-0.4, -0.2) is 9.78 Å². The van der Waals surface area contributed by atoms with Gasteiger partial charge in [0.05, 0.1) is 16.4 Å². The van der Waals surface area contributed by atoms with Crippen LogP contribution >= 0.6 is 27.5 Å². The van der Waals surface area contributed by atoms with Gasteiger partial charge in [-0.15, -0.1) is 0 Å². The molecule has 2 aromatic rings. The zero-order valence-electron chi connectivity index (χ0n) is 12.1. The fourth-order valence-corrected chi connectivity index (χ4v) is 3.28. The fourth-order valence-electron chi connectivity index (χ4n) is 2.42. The van der Waals surface area contributed by atoms with Gasteiger partial charge in [-0.25, -0.2) is 0 Å². The van der Waals surface area contributed by atoms with Crippen molar-refractivity contribution in [1.82, 2.24) is 9.78 Å². The number of benzene rings is 1. The number of rotatable bonds is 5. The molecule has 2 nitrogen and oxygen atoms in total. The van der Waals surface area contributed by atoms with Crippen LogP contribution in [0.5, 0.6) is 0 Å². The van der Waals surface area contributed by atoms with E-state index in [9.17, 15) is 0 Å². The number of hydrogen-bond donors (Lipinski definition) is 0. The summed E-state index contributed by atoms with van der Waals surface area (Å²) in [7, 11) is 1.97. The molecular formula is C16H20BrClN2. The quantitative estimate of drug-likeness (QED) is 0.694. The first-order valence-electron chi connectivity index (χ1n) is 6.93. The van der Waals surface area contributed by atoms with Crippen molar-refractivity contribution in [2.24, 2.45) is 13.0 Å². The van der Waals surface area contributed by atoms with Gasteiger partial charge in [-0.05, 0) is 24.3 Å².